The molecule has 6 nitrogen and oxygen atoms in total. The van der Waals surface area contributed by atoms with Crippen LogP contribution in [0.5, 0.6) is 0 Å². The van der Waals surface area contributed by atoms with Gasteiger partial charge in [0.2, 0.25) is 0 Å². The summed E-state index contributed by atoms with van der Waals surface area (Å²) in [6.45, 7) is 7.42. The van der Waals surface area contributed by atoms with Crippen LogP contribution in [0.1, 0.15) is 44.9 Å². The average molecular weight is 364 g/mol. The molecule has 0 aromatic carbocycles. The van der Waals surface area contributed by atoms with E-state index in [1.54, 1.807) is 0 Å². The molecule has 2 aliphatic carbocycles. The molecule has 0 amide bonds. The molecular formula is C20H28O6. The minimum absolute atomic E-state index is 0.321. The van der Waals surface area contributed by atoms with Crippen LogP contribution in [0.2, 0.25) is 0 Å². The maximum Gasteiger partial charge on any atom is 0.330 e. The summed E-state index contributed by atoms with van der Waals surface area (Å²) < 4.78 is 15.7. The van der Waals surface area contributed by atoms with E-state index in [4.69, 9.17) is 19.3 Å². The Bertz CT molecular complexity index is 569. The first-order valence-electron chi connectivity index (χ1n) is 9.47. The molecule has 144 valence electrons. The molecule has 2 heterocycles. The van der Waals surface area contributed by atoms with Gasteiger partial charge >= 0.3 is 11.9 Å². The molecule has 4 rings (SSSR count). The van der Waals surface area contributed by atoms with Crippen molar-refractivity contribution in [3.8, 4) is 0 Å². The fraction of sp³-hybridized carbons (Fsp3) is 0.700. The van der Waals surface area contributed by atoms with Gasteiger partial charge in [0.05, 0.1) is 31.0 Å². The van der Waals surface area contributed by atoms with Crippen molar-refractivity contribution < 1.29 is 28.9 Å². The smallest absolute Gasteiger partial charge is 0.330 e. The van der Waals surface area contributed by atoms with Crippen molar-refractivity contribution in [2.24, 2.45) is 11.8 Å². The highest BCUT2D eigenvalue weighted by Crippen LogP contribution is 2.41. The SMILES string of the molecule is C=C(CC1CCC2OC2C1)C(=O)O.C=CC(=O)OCC1CCC2OC2C1. The maximum absolute atomic E-state index is 10.8. The predicted octanol–water partition coefficient (Wildman–Crippen LogP) is 2.87. The lowest BCUT2D eigenvalue weighted by Crippen LogP contribution is -2.19. The number of fused-ring (bicyclic) bond motifs is 2. The van der Waals surface area contributed by atoms with Crippen molar-refractivity contribution >= 4 is 11.9 Å². The summed E-state index contributed by atoms with van der Waals surface area (Å²) in [5, 5.41) is 8.66. The van der Waals surface area contributed by atoms with Gasteiger partial charge in [0.15, 0.2) is 0 Å². The van der Waals surface area contributed by atoms with Crippen LogP contribution in [0.25, 0.3) is 0 Å². The minimum atomic E-state index is -0.862. The second-order valence-electron chi connectivity index (χ2n) is 7.73. The summed E-state index contributed by atoms with van der Waals surface area (Å²) in [6, 6.07) is 0. The van der Waals surface area contributed by atoms with E-state index < -0.39 is 5.97 Å². The summed E-state index contributed by atoms with van der Waals surface area (Å²) in [4.78, 5) is 21.3. The van der Waals surface area contributed by atoms with Gasteiger partial charge in [-0.25, -0.2) is 9.59 Å². The molecule has 2 saturated heterocycles. The fourth-order valence-electron chi connectivity index (χ4n) is 4.01. The number of hydrogen-bond donors (Lipinski definition) is 1. The summed E-state index contributed by atoms with van der Waals surface area (Å²) in [6.07, 6.45) is 10.2. The normalized spacial score (nSPS) is 36.3. The summed E-state index contributed by atoms with van der Waals surface area (Å²) >= 11 is 0. The maximum atomic E-state index is 10.8. The van der Waals surface area contributed by atoms with Crippen molar-refractivity contribution in [3.05, 3.63) is 24.8 Å². The van der Waals surface area contributed by atoms with Crippen molar-refractivity contribution in [3.63, 3.8) is 0 Å². The second kappa shape index (κ2) is 8.35. The average Bonchev–Trinajstić information content (AvgIpc) is 3.53. The van der Waals surface area contributed by atoms with Gasteiger partial charge < -0.3 is 19.3 Å². The third-order valence-electron chi connectivity index (χ3n) is 5.69. The van der Waals surface area contributed by atoms with E-state index in [9.17, 15) is 9.59 Å². The number of carbonyl (C=O) groups excluding carboxylic acids is 1. The molecule has 2 saturated carbocycles. The van der Waals surface area contributed by atoms with Gasteiger partial charge in [-0.1, -0.05) is 13.2 Å². The number of carboxylic acids is 1. The molecule has 0 radical (unpaired) electrons. The van der Waals surface area contributed by atoms with Gasteiger partial charge in [0, 0.05) is 11.6 Å². The Balaban J connectivity index is 0.000000151. The highest BCUT2D eigenvalue weighted by molar-refractivity contribution is 5.85. The molecule has 0 bridgehead atoms. The van der Waals surface area contributed by atoms with Gasteiger partial charge in [0.1, 0.15) is 0 Å². The molecule has 6 heteroatoms. The molecule has 6 atom stereocenters. The monoisotopic (exact) mass is 364 g/mol. The second-order valence-corrected chi connectivity index (χ2v) is 7.73. The van der Waals surface area contributed by atoms with Gasteiger partial charge in [-0.15, -0.1) is 0 Å². The molecule has 2 aliphatic heterocycles. The van der Waals surface area contributed by atoms with Crippen LogP contribution < -0.4 is 0 Å². The minimum Gasteiger partial charge on any atom is -0.478 e. The van der Waals surface area contributed by atoms with Crippen molar-refractivity contribution in [1.82, 2.24) is 0 Å². The lowest BCUT2D eigenvalue weighted by Gasteiger charge is -2.18. The molecule has 4 fully saturated rings. The fourth-order valence-corrected chi connectivity index (χ4v) is 4.01. The highest BCUT2D eigenvalue weighted by atomic mass is 16.6. The van der Waals surface area contributed by atoms with E-state index in [0.29, 0.717) is 54.9 Å². The number of carbonyl (C=O) groups is 2. The van der Waals surface area contributed by atoms with E-state index in [-0.39, 0.29) is 5.97 Å². The molecule has 4 aliphatic rings. The van der Waals surface area contributed by atoms with Crippen molar-refractivity contribution in [1.29, 1.82) is 0 Å². The van der Waals surface area contributed by atoms with E-state index >= 15 is 0 Å². The molecule has 6 unspecified atom stereocenters. The zero-order valence-corrected chi connectivity index (χ0v) is 15.1. The van der Waals surface area contributed by atoms with Crippen LogP contribution in [0.3, 0.4) is 0 Å². The first kappa shape index (κ1) is 19.1. The molecule has 0 aromatic rings. The first-order valence-corrected chi connectivity index (χ1v) is 9.47. The van der Waals surface area contributed by atoms with Gasteiger partial charge in [0.25, 0.3) is 0 Å². The molecular weight excluding hydrogens is 336 g/mol. The first-order chi connectivity index (χ1) is 12.5. The Hall–Kier alpha value is -1.66. The van der Waals surface area contributed by atoms with Crippen LogP contribution in [0.4, 0.5) is 0 Å². The Labute approximate surface area is 154 Å². The number of esters is 1. The number of carboxylic acid groups (broad SMARTS) is 1. The number of rotatable bonds is 6. The molecule has 0 aromatic heterocycles. The largest absolute Gasteiger partial charge is 0.478 e. The number of aliphatic carboxylic acids is 1. The number of ether oxygens (including phenoxy) is 3. The summed E-state index contributed by atoms with van der Waals surface area (Å²) in [5.41, 5.74) is 0.337. The van der Waals surface area contributed by atoms with Crippen LogP contribution >= 0.6 is 0 Å². The Morgan fingerprint density at radius 1 is 1.00 bits per heavy atom. The Morgan fingerprint density at radius 3 is 2.12 bits per heavy atom. The van der Waals surface area contributed by atoms with Gasteiger partial charge in [-0.05, 0) is 56.8 Å². The molecule has 26 heavy (non-hydrogen) atoms. The Morgan fingerprint density at radius 2 is 1.58 bits per heavy atom. The van der Waals surface area contributed by atoms with E-state index in [2.05, 4.69) is 13.2 Å². The summed E-state index contributed by atoms with van der Waals surface area (Å²) in [5.74, 6) is -0.210. The molecule has 0 spiro atoms. The van der Waals surface area contributed by atoms with Crippen molar-refractivity contribution in [2.45, 2.75) is 69.4 Å². The lowest BCUT2D eigenvalue weighted by molar-refractivity contribution is -0.139. The Kier molecular flexibility index (Phi) is 6.14. The third kappa shape index (κ3) is 5.42. The van der Waals surface area contributed by atoms with E-state index in [1.165, 1.54) is 6.08 Å². The van der Waals surface area contributed by atoms with E-state index in [1.807, 2.05) is 0 Å². The summed E-state index contributed by atoms with van der Waals surface area (Å²) in [7, 11) is 0. The van der Waals surface area contributed by atoms with Crippen LogP contribution in [0, 0.1) is 11.8 Å². The quantitative estimate of drug-likeness (QED) is 0.443. The highest BCUT2D eigenvalue weighted by Gasteiger charge is 2.44. The topological polar surface area (TPSA) is 88.7 Å². The number of hydrogen-bond acceptors (Lipinski definition) is 5. The van der Waals surface area contributed by atoms with E-state index in [0.717, 1.165) is 38.5 Å². The third-order valence-corrected chi connectivity index (χ3v) is 5.69. The zero-order valence-electron chi connectivity index (χ0n) is 15.1. The standard InChI is InChI=1S/2C10H14O3/c1-6(10(11)12)4-7-2-3-8-9(5-7)13-8;1-2-10(11)12-6-7-3-4-8-9(5-7)13-8/h7-9H,1-5H2,(H,11,12);2,7-9H,1,3-6H2. The zero-order chi connectivity index (χ0) is 18.7. The lowest BCUT2D eigenvalue weighted by atomic mass is 9.85. The molecule has 1 N–H and O–H groups in total. The van der Waals surface area contributed by atoms with Crippen LogP contribution in [0.15, 0.2) is 24.8 Å². The predicted molar refractivity (Wildman–Crippen MR) is 94.6 cm³/mol. The van der Waals surface area contributed by atoms with Gasteiger partial charge in [-0.3, -0.25) is 0 Å². The van der Waals surface area contributed by atoms with Crippen LogP contribution in [-0.4, -0.2) is 48.1 Å². The van der Waals surface area contributed by atoms with Crippen LogP contribution in [-0.2, 0) is 23.8 Å². The van der Waals surface area contributed by atoms with Crippen molar-refractivity contribution in [2.75, 3.05) is 6.61 Å². The number of epoxide rings is 2. The van der Waals surface area contributed by atoms with Gasteiger partial charge in [-0.2, -0.15) is 0 Å².